The predicted molar refractivity (Wildman–Crippen MR) is 257 cm³/mol. The van der Waals surface area contributed by atoms with Gasteiger partial charge >= 0.3 is 0 Å². The highest BCUT2D eigenvalue weighted by atomic mass is 31.2. The first-order valence-corrected chi connectivity index (χ1v) is 23.8. The van der Waals surface area contributed by atoms with Gasteiger partial charge < -0.3 is 51.9 Å². The van der Waals surface area contributed by atoms with Gasteiger partial charge in [-0.3, -0.25) is 9.59 Å². The maximum absolute atomic E-state index is 13.4. The number of nitrogens with zero attached hydrogens (tertiary/aromatic N) is 2. The van der Waals surface area contributed by atoms with Crippen molar-refractivity contribution in [3.63, 3.8) is 0 Å². The van der Waals surface area contributed by atoms with Crippen molar-refractivity contribution in [2.24, 2.45) is 0 Å². The van der Waals surface area contributed by atoms with Crippen molar-refractivity contribution in [1.82, 2.24) is 9.99 Å². The molecule has 0 radical (unpaired) electrons. The molecule has 1 heterocycles. The van der Waals surface area contributed by atoms with E-state index in [0.29, 0.717) is 133 Å². The van der Waals surface area contributed by atoms with E-state index in [9.17, 15) is 9.59 Å². The molecule has 0 aliphatic heterocycles. The van der Waals surface area contributed by atoms with E-state index in [1.165, 1.54) is 6.07 Å². The van der Waals surface area contributed by atoms with Crippen molar-refractivity contribution in [1.29, 1.82) is 5.26 Å². The number of benzene rings is 4. The van der Waals surface area contributed by atoms with Crippen LogP contribution in [-0.2, 0) is 45.9 Å². The number of rotatable bonds is 33. The lowest BCUT2D eigenvalue weighted by molar-refractivity contribution is -0.0127. The Balaban J connectivity index is 0.939. The highest BCUT2D eigenvalue weighted by molar-refractivity contribution is 7.44. The SMILES string of the molecule is CC(C)N(C(C)C)P(OCCC#N)OCCOCCOCCOCCOCCOCCNC(=O)c1ccc(-c2cc(=O)c3ccc(OCc4ccccc4)c(OCc4ccccc4)c3o2)cc1. The van der Waals surface area contributed by atoms with Gasteiger partial charge in [0, 0.05) is 35.8 Å². The number of hydrogen-bond acceptors (Lipinski definition) is 14. The molecule has 0 fully saturated rings. The van der Waals surface area contributed by atoms with Gasteiger partial charge in [-0.15, -0.1) is 0 Å². The van der Waals surface area contributed by atoms with Gasteiger partial charge in [0.15, 0.2) is 16.8 Å². The molecule has 1 amide bonds. The molecule has 4 aromatic carbocycles. The molecule has 15 nitrogen and oxygen atoms in total. The molecule has 1 unspecified atom stereocenters. The molecule has 1 N–H and O–H groups in total. The van der Waals surface area contributed by atoms with E-state index in [0.717, 1.165) is 11.1 Å². The van der Waals surface area contributed by atoms with Crippen molar-refractivity contribution in [2.45, 2.75) is 59.4 Å². The zero-order valence-corrected chi connectivity index (χ0v) is 39.9. The lowest BCUT2D eigenvalue weighted by Gasteiger charge is -2.35. The normalized spacial score (nSPS) is 11.9. The topological polar surface area (TPSA) is 169 Å². The van der Waals surface area contributed by atoms with Crippen LogP contribution >= 0.6 is 8.53 Å². The van der Waals surface area contributed by atoms with Gasteiger partial charge in [-0.2, -0.15) is 5.26 Å². The number of carbonyl (C=O) groups is 1. The molecule has 0 spiro atoms. The summed E-state index contributed by atoms with van der Waals surface area (Å²) in [5.74, 6) is 0.848. The van der Waals surface area contributed by atoms with Crippen LogP contribution in [0.2, 0.25) is 0 Å². The molecule has 1 aromatic heterocycles. The van der Waals surface area contributed by atoms with Crippen LogP contribution in [0, 0.1) is 11.3 Å². The summed E-state index contributed by atoms with van der Waals surface area (Å²) in [6.07, 6.45) is 0.321. The summed E-state index contributed by atoms with van der Waals surface area (Å²) in [6, 6.07) is 33.8. The van der Waals surface area contributed by atoms with E-state index >= 15 is 0 Å². The van der Waals surface area contributed by atoms with Crippen molar-refractivity contribution >= 4 is 25.4 Å². The summed E-state index contributed by atoms with van der Waals surface area (Å²) >= 11 is 0. The fraction of sp³-hybridized carbons (Fsp3) is 0.431. The van der Waals surface area contributed by atoms with Gasteiger partial charge in [-0.1, -0.05) is 72.8 Å². The van der Waals surface area contributed by atoms with Gasteiger partial charge in [0.2, 0.25) is 5.75 Å². The molecule has 0 saturated carbocycles. The average Bonchev–Trinajstić information content (AvgIpc) is 3.33. The third-order valence-corrected chi connectivity index (χ3v) is 11.9. The minimum Gasteiger partial charge on any atom is -0.485 e. The largest absolute Gasteiger partial charge is 0.485 e. The summed E-state index contributed by atoms with van der Waals surface area (Å²) in [5.41, 5.74) is 3.03. The molecule has 0 bridgehead atoms. The Morgan fingerprint density at radius 3 is 1.73 bits per heavy atom. The van der Waals surface area contributed by atoms with Crippen molar-refractivity contribution < 1.29 is 51.4 Å². The second kappa shape index (κ2) is 30.2. The number of hydrogen-bond donors (Lipinski definition) is 1. The van der Waals surface area contributed by atoms with Crippen LogP contribution in [0.25, 0.3) is 22.3 Å². The number of carbonyl (C=O) groups excluding carboxylic acids is 1. The first-order chi connectivity index (χ1) is 32.7. The van der Waals surface area contributed by atoms with Crippen LogP contribution in [0.5, 0.6) is 11.5 Å². The van der Waals surface area contributed by atoms with E-state index < -0.39 is 8.53 Å². The van der Waals surface area contributed by atoms with Crippen LogP contribution in [-0.4, -0.2) is 108 Å². The van der Waals surface area contributed by atoms with Gasteiger partial charge in [-0.05, 0) is 63.1 Å². The third-order valence-electron chi connectivity index (χ3n) is 9.82. The average molecular weight is 942 g/mol. The fourth-order valence-electron chi connectivity index (χ4n) is 6.63. The lowest BCUT2D eigenvalue weighted by atomic mass is 10.1. The first kappa shape index (κ1) is 52.7. The highest BCUT2D eigenvalue weighted by Gasteiger charge is 2.27. The second-order valence-electron chi connectivity index (χ2n) is 15.6. The maximum atomic E-state index is 13.4. The molecule has 0 aliphatic carbocycles. The van der Waals surface area contributed by atoms with Crippen LogP contribution in [0.3, 0.4) is 0 Å². The van der Waals surface area contributed by atoms with E-state index in [2.05, 4.69) is 43.8 Å². The smallest absolute Gasteiger partial charge is 0.259 e. The highest BCUT2D eigenvalue weighted by Crippen LogP contribution is 2.46. The van der Waals surface area contributed by atoms with Crippen molar-refractivity contribution in [3.8, 4) is 28.9 Å². The Morgan fingerprint density at radius 1 is 0.657 bits per heavy atom. The Labute approximate surface area is 395 Å². The minimum atomic E-state index is -1.28. The molecule has 360 valence electrons. The summed E-state index contributed by atoms with van der Waals surface area (Å²) in [6.45, 7) is 14.1. The van der Waals surface area contributed by atoms with Crippen LogP contribution < -0.4 is 20.2 Å². The lowest BCUT2D eigenvalue weighted by Crippen LogP contribution is -2.34. The van der Waals surface area contributed by atoms with Gasteiger partial charge in [-0.25, -0.2) is 4.67 Å². The quantitative estimate of drug-likeness (QED) is 0.0313. The standard InChI is InChI=1S/C51H64N3O12P/c1-39(2)54(40(3)4)67(64-24-11-22-52)65-35-34-61-33-32-60-31-30-59-29-28-58-27-26-57-25-23-53-51(56)44-18-16-43(17-19-44)48-36-46(55)45-20-21-47(62-37-41-12-7-5-8-13-41)50(49(45)66-48)63-38-42-14-9-6-10-15-42/h5-10,12-21,36,39-40H,11,23-35,37-38H2,1-4H3,(H,53,56). The molecule has 0 aliphatic rings. The molecular weight excluding hydrogens is 878 g/mol. The zero-order chi connectivity index (χ0) is 47.5. The number of nitrogens with one attached hydrogen (secondary N) is 1. The molecule has 1 atom stereocenters. The minimum absolute atomic E-state index is 0.235. The molecule has 5 rings (SSSR count). The molecule has 5 aromatic rings. The Bertz CT molecular complexity index is 2270. The van der Waals surface area contributed by atoms with E-state index in [4.69, 9.17) is 51.9 Å². The van der Waals surface area contributed by atoms with Crippen molar-refractivity contribution in [3.05, 3.63) is 130 Å². The van der Waals surface area contributed by atoms with Gasteiger partial charge in [0.1, 0.15) is 19.0 Å². The Morgan fingerprint density at radius 2 is 1.18 bits per heavy atom. The molecule has 0 saturated heterocycles. The fourth-order valence-corrected chi connectivity index (χ4v) is 8.20. The van der Waals surface area contributed by atoms with E-state index in [1.54, 1.807) is 36.4 Å². The Kier molecular flexibility index (Phi) is 23.8. The van der Waals surface area contributed by atoms with Crippen molar-refractivity contribution in [2.75, 3.05) is 85.8 Å². The Hall–Kier alpha value is -5.24. The van der Waals surface area contributed by atoms with E-state index in [1.807, 2.05) is 60.7 Å². The predicted octanol–water partition coefficient (Wildman–Crippen LogP) is 8.72. The first-order valence-electron chi connectivity index (χ1n) is 22.7. The molecular formula is C51H64N3O12P. The number of ether oxygens (including phenoxy) is 7. The van der Waals surface area contributed by atoms with E-state index in [-0.39, 0.29) is 35.6 Å². The molecule has 67 heavy (non-hydrogen) atoms. The molecule has 16 heteroatoms. The monoisotopic (exact) mass is 941 g/mol. The maximum Gasteiger partial charge on any atom is 0.259 e. The second-order valence-corrected chi connectivity index (χ2v) is 17.0. The summed E-state index contributed by atoms with van der Waals surface area (Å²) in [7, 11) is -1.28. The third kappa shape index (κ3) is 18.4. The summed E-state index contributed by atoms with van der Waals surface area (Å²) < 4.78 is 60.9. The van der Waals surface area contributed by atoms with Crippen LogP contribution in [0.15, 0.2) is 112 Å². The number of nitriles is 1. The van der Waals surface area contributed by atoms with Crippen LogP contribution in [0.1, 0.15) is 55.6 Å². The van der Waals surface area contributed by atoms with Gasteiger partial charge in [0.05, 0.1) is 97.2 Å². The van der Waals surface area contributed by atoms with Crippen LogP contribution in [0.4, 0.5) is 0 Å². The number of amides is 1. The number of fused-ring (bicyclic) bond motifs is 1. The zero-order valence-electron chi connectivity index (χ0n) is 39.0. The summed E-state index contributed by atoms with van der Waals surface area (Å²) in [5, 5.41) is 12.1. The summed E-state index contributed by atoms with van der Waals surface area (Å²) in [4.78, 5) is 26.3. The van der Waals surface area contributed by atoms with Gasteiger partial charge in [0.25, 0.3) is 14.4 Å².